The van der Waals surface area contributed by atoms with Gasteiger partial charge in [-0.1, -0.05) is 18.2 Å². The molecule has 2 rings (SSSR count). The number of para-hydroxylation sites is 1. The summed E-state index contributed by atoms with van der Waals surface area (Å²) in [7, 11) is 3.29. The third-order valence-corrected chi connectivity index (χ3v) is 3.24. The molecule has 0 spiro atoms. The van der Waals surface area contributed by atoms with Crippen molar-refractivity contribution in [3.05, 3.63) is 36.0 Å². The number of esters is 1. The maximum absolute atomic E-state index is 11.7. The van der Waals surface area contributed by atoms with Crippen LogP contribution >= 0.6 is 0 Å². The number of carbonyl (C=O) groups is 2. The highest BCUT2D eigenvalue weighted by Crippen LogP contribution is 2.19. The largest absolute Gasteiger partial charge is 0.469 e. The minimum atomic E-state index is -0.370. The first-order chi connectivity index (χ1) is 9.61. The summed E-state index contributed by atoms with van der Waals surface area (Å²) in [5.74, 6) is -0.520. The van der Waals surface area contributed by atoms with Crippen molar-refractivity contribution >= 4 is 22.8 Å². The maximum atomic E-state index is 11.7. The number of methoxy groups -OCH3 is 1. The van der Waals surface area contributed by atoms with Crippen LogP contribution in [0.25, 0.3) is 10.9 Å². The standard InChI is InChI=1S/C15H18N2O3/c1-17-10-11(12-5-3-4-6-13(12)17)9-16-14(18)7-8-15(19)20-2/h3-6,10H,7-9H2,1-2H3,(H,16,18). The number of aromatic nitrogens is 1. The van der Waals surface area contributed by atoms with E-state index in [1.54, 1.807) is 0 Å². The lowest BCUT2D eigenvalue weighted by atomic mass is 10.2. The van der Waals surface area contributed by atoms with Gasteiger partial charge >= 0.3 is 5.97 Å². The molecule has 0 saturated heterocycles. The van der Waals surface area contributed by atoms with Crippen LogP contribution < -0.4 is 5.32 Å². The monoisotopic (exact) mass is 274 g/mol. The van der Waals surface area contributed by atoms with Crippen molar-refractivity contribution in [3.63, 3.8) is 0 Å². The molecule has 0 aliphatic heterocycles. The number of aryl methyl sites for hydroxylation is 1. The molecule has 0 fully saturated rings. The van der Waals surface area contributed by atoms with Crippen LogP contribution in [0.2, 0.25) is 0 Å². The van der Waals surface area contributed by atoms with Crippen LogP contribution in [0.4, 0.5) is 0 Å². The molecule has 2 aromatic rings. The molecule has 1 aromatic carbocycles. The van der Waals surface area contributed by atoms with Crippen LogP contribution in [0.1, 0.15) is 18.4 Å². The molecule has 0 aliphatic carbocycles. The van der Waals surface area contributed by atoms with Crippen LogP contribution in [0.5, 0.6) is 0 Å². The summed E-state index contributed by atoms with van der Waals surface area (Å²) >= 11 is 0. The van der Waals surface area contributed by atoms with Crippen molar-refractivity contribution in [2.75, 3.05) is 7.11 Å². The summed E-state index contributed by atoms with van der Waals surface area (Å²) in [5, 5.41) is 3.95. The molecule has 5 heteroatoms. The molecule has 20 heavy (non-hydrogen) atoms. The molecule has 0 saturated carbocycles. The van der Waals surface area contributed by atoms with Crippen LogP contribution in [-0.4, -0.2) is 23.6 Å². The van der Waals surface area contributed by atoms with Gasteiger partial charge < -0.3 is 14.6 Å². The fourth-order valence-electron chi connectivity index (χ4n) is 2.17. The van der Waals surface area contributed by atoms with Gasteiger partial charge in [0.2, 0.25) is 5.91 Å². The van der Waals surface area contributed by atoms with E-state index in [1.807, 2.05) is 42.1 Å². The van der Waals surface area contributed by atoms with Gasteiger partial charge in [-0.05, 0) is 11.6 Å². The summed E-state index contributed by atoms with van der Waals surface area (Å²) in [5.41, 5.74) is 2.20. The van der Waals surface area contributed by atoms with Crippen molar-refractivity contribution in [3.8, 4) is 0 Å². The Labute approximate surface area is 117 Å². The fourth-order valence-corrected chi connectivity index (χ4v) is 2.17. The molecular weight excluding hydrogens is 256 g/mol. The second-order valence-electron chi connectivity index (χ2n) is 4.64. The van der Waals surface area contributed by atoms with E-state index >= 15 is 0 Å². The average Bonchev–Trinajstić information content (AvgIpc) is 2.79. The third kappa shape index (κ3) is 3.17. The zero-order chi connectivity index (χ0) is 14.5. The first-order valence-electron chi connectivity index (χ1n) is 6.48. The van der Waals surface area contributed by atoms with Crippen molar-refractivity contribution in [1.82, 2.24) is 9.88 Å². The molecular formula is C15H18N2O3. The summed E-state index contributed by atoms with van der Waals surface area (Å²) < 4.78 is 6.54. The Morgan fingerprint density at radius 2 is 2.00 bits per heavy atom. The Bertz CT molecular complexity index is 631. The lowest BCUT2D eigenvalue weighted by Gasteiger charge is -2.04. The number of hydrogen-bond acceptors (Lipinski definition) is 3. The van der Waals surface area contributed by atoms with E-state index in [1.165, 1.54) is 7.11 Å². The highest BCUT2D eigenvalue weighted by molar-refractivity contribution is 5.85. The Balaban J connectivity index is 1.96. The minimum absolute atomic E-state index is 0.109. The lowest BCUT2D eigenvalue weighted by molar-refractivity contribution is -0.142. The van der Waals surface area contributed by atoms with E-state index < -0.39 is 0 Å². The third-order valence-electron chi connectivity index (χ3n) is 3.24. The van der Waals surface area contributed by atoms with Gasteiger partial charge in [0.05, 0.1) is 13.5 Å². The minimum Gasteiger partial charge on any atom is -0.469 e. The van der Waals surface area contributed by atoms with E-state index in [-0.39, 0.29) is 24.7 Å². The van der Waals surface area contributed by atoms with Crippen molar-refractivity contribution < 1.29 is 14.3 Å². The number of fused-ring (bicyclic) bond motifs is 1. The number of ether oxygens (including phenoxy) is 1. The van der Waals surface area contributed by atoms with E-state index in [4.69, 9.17) is 0 Å². The van der Waals surface area contributed by atoms with Gasteiger partial charge in [-0.15, -0.1) is 0 Å². The average molecular weight is 274 g/mol. The van der Waals surface area contributed by atoms with Crippen LogP contribution in [0, 0.1) is 0 Å². The number of benzene rings is 1. The maximum Gasteiger partial charge on any atom is 0.306 e. The zero-order valence-electron chi connectivity index (χ0n) is 11.7. The molecule has 0 atom stereocenters. The summed E-state index contributed by atoms with van der Waals surface area (Å²) in [6, 6.07) is 8.04. The van der Waals surface area contributed by atoms with Crippen LogP contribution in [0.3, 0.4) is 0 Å². The van der Waals surface area contributed by atoms with E-state index in [0.717, 1.165) is 16.5 Å². The molecule has 106 valence electrons. The number of hydrogen-bond donors (Lipinski definition) is 1. The van der Waals surface area contributed by atoms with E-state index in [2.05, 4.69) is 10.1 Å². The molecule has 1 aromatic heterocycles. The van der Waals surface area contributed by atoms with Crippen LogP contribution in [-0.2, 0) is 27.9 Å². The SMILES string of the molecule is COC(=O)CCC(=O)NCc1cn(C)c2ccccc12. The first-order valence-corrected chi connectivity index (χ1v) is 6.48. The van der Waals surface area contributed by atoms with Crippen molar-refractivity contribution in [1.29, 1.82) is 0 Å². The highest BCUT2D eigenvalue weighted by Gasteiger charge is 2.09. The number of amides is 1. The van der Waals surface area contributed by atoms with Gasteiger partial charge in [-0.2, -0.15) is 0 Å². The Morgan fingerprint density at radius 3 is 2.75 bits per heavy atom. The van der Waals surface area contributed by atoms with Gasteiger partial charge in [0.1, 0.15) is 0 Å². The molecule has 0 unspecified atom stereocenters. The number of carbonyl (C=O) groups excluding carboxylic acids is 2. The van der Waals surface area contributed by atoms with Crippen LogP contribution in [0.15, 0.2) is 30.5 Å². The quantitative estimate of drug-likeness (QED) is 0.845. The Kier molecular flexibility index (Phi) is 4.40. The number of nitrogens with zero attached hydrogens (tertiary/aromatic N) is 1. The molecule has 1 N–H and O–H groups in total. The van der Waals surface area contributed by atoms with Crippen molar-refractivity contribution in [2.24, 2.45) is 7.05 Å². The van der Waals surface area contributed by atoms with E-state index in [0.29, 0.717) is 6.54 Å². The molecule has 0 radical (unpaired) electrons. The van der Waals surface area contributed by atoms with Gasteiger partial charge in [0.15, 0.2) is 0 Å². The second-order valence-corrected chi connectivity index (χ2v) is 4.64. The first kappa shape index (κ1) is 14.1. The van der Waals surface area contributed by atoms with Gasteiger partial charge in [0.25, 0.3) is 0 Å². The Hall–Kier alpha value is -2.30. The molecule has 0 bridgehead atoms. The zero-order valence-corrected chi connectivity index (χ0v) is 11.7. The van der Waals surface area contributed by atoms with Crippen molar-refractivity contribution in [2.45, 2.75) is 19.4 Å². The molecule has 5 nitrogen and oxygen atoms in total. The molecule has 1 heterocycles. The number of nitrogens with one attached hydrogen (secondary N) is 1. The topological polar surface area (TPSA) is 60.3 Å². The number of rotatable bonds is 5. The smallest absolute Gasteiger partial charge is 0.306 e. The highest BCUT2D eigenvalue weighted by atomic mass is 16.5. The summed E-state index contributed by atoms with van der Waals surface area (Å²) in [6.45, 7) is 0.460. The fraction of sp³-hybridized carbons (Fsp3) is 0.333. The molecule has 1 amide bonds. The van der Waals surface area contributed by atoms with Gasteiger partial charge in [0, 0.05) is 37.1 Å². The Morgan fingerprint density at radius 1 is 1.25 bits per heavy atom. The normalized spacial score (nSPS) is 10.5. The predicted octanol–water partition coefficient (Wildman–Crippen LogP) is 1.75. The predicted molar refractivity (Wildman–Crippen MR) is 76.0 cm³/mol. The van der Waals surface area contributed by atoms with Gasteiger partial charge in [-0.3, -0.25) is 9.59 Å². The summed E-state index contributed by atoms with van der Waals surface area (Å²) in [6.07, 6.45) is 2.26. The second kappa shape index (κ2) is 6.23. The van der Waals surface area contributed by atoms with Gasteiger partial charge in [-0.25, -0.2) is 0 Å². The summed E-state index contributed by atoms with van der Waals surface area (Å²) in [4.78, 5) is 22.6. The molecule has 0 aliphatic rings. The lowest BCUT2D eigenvalue weighted by Crippen LogP contribution is -2.23. The van der Waals surface area contributed by atoms with E-state index in [9.17, 15) is 9.59 Å².